The van der Waals surface area contributed by atoms with E-state index in [0.717, 1.165) is 25.5 Å². The van der Waals surface area contributed by atoms with Crippen LogP contribution in [0.1, 0.15) is 27.9 Å². The van der Waals surface area contributed by atoms with E-state index in [0.29, 0.717) is 6.54 Å². The topological polar surface area (TPSA) is 49.3 Å². The van der Waals surface area contributed by atoms with Gasteiger partial charge in [-0.1, -0.05) is 12.1 Å². The molecule has 138 valence electrons. The highest BCUT2D eigenvalue weighted by Gasteiger charge is 2.04. The molecule has 0 bridgehead atoms. The minimum atomic E-state index is 0. The number of benzene rings is 1. The van der Waals surface area contributed by atoms with Gasteiger partial charge in [0.25, 0.3) is 0 Å². The molecule has 2 aromatic rings. The van der Waals surface area contributed by atoms with Gasteiger partial charge in [-0.05, 0) is 44.2 Å². The van der Waals surface area contributed by atoms with E-state index in [-0.39, 0.29) is 24.0 Å². The third-order valence-electron chi connectivity index (χ3n) is 3.49. The van der Waals surface area contributed by atoms with E-state index >= 15 is 0 Å². The van der Waals surface area contributed by atoms with Crippen LogP contribution in [0.4, 0.5) is 0 Å². The Morgan fingerprint density at radius 3 is 2.72 bits per heavy atom. The summed E-state index contributed by atoms with van der Waals surface area (Å²) in [5.41, 5.74) is 2.55. The zero-order chi connectivity index (χ0) is 17.4. The number of rotatable bonds is 7. The van der Waals surface area contributed by atoms with Gasteiger partial charge in [0.1, 0.15) is 0 Å². The van der Waals surface area contributed by atoms with Crippen molar-refractivity contribution in [2.24, 2.45) is 4.99 Å². The van der Waals surface area contributed by atoms with Crippen LogP contribution in [0.2, 0.25) is 0 Å². The molecule has 0 fully saturated rings. The molecule has 0 aliphatic carbocycles. The van der Waals surface area contributed by atoms with E-state index in [1.807, 2.05) is 6.20 Å². The Labute approximate surface area is 176 Å². The second-order valence-electron chi connectivity index (χ2n) is 5.55. The van der Waals surface area contributed by atoms with Crippen LogP contribution in [-0.2, 0) is 13.0 Å². The average Bonchev–Trinajstić information content (AvgIpc) is 2.98. The summed E-state index contributed by atoms with van der Waals surface area (Å²) in [6, 6.07) is 6.54. The number of nitrogens with zero attached hydrogens (tertiary/aromatic N) is 2. The first-order chi connectivity index (χ1) is 11.6. The van der Waals surface area contributed by atoms with E-state index < -0.39 is 0 Å². The van der Waals surface area contributed by atoms with Gasteiger partial charge in [-0.2, -0.15) is 0 Å². The van der Waals surface area contributed by atoms with Gasteiger partial charge in [-0.25, -0.2) is 9.98 Å². The van der Waals surface area contributed by atoms with Crippen LogP contribution in [0.3, 0.4) is 0 Å². The predicted molar refractivity (Wildman–Crippen MR) is 122 cm³/mol. The van der Waals surface area contributed by atoms with Crippen LogP contribution in [0.5, 0.6) is 0 Å². The van der Waals surface area contributed by atoms with E-state index in [1.165, 1.54) is 25.9 Å². The zero-order valence-corrected chi connectivity index (χ0v) is 19.2. The summed E-state index contributed by atoms with van der Waals surface area (Å²) in [5, 5.41) is 7.87. The molecule has 4 nitrogen and oxygen atoms in total. The van der Waals surface area contributed by atoms with Crippen molar-refractivity contribution >= 4 is 53.0 Å². The van der Waals surface area contributed by atoms with Crippen LogP contribution in [0, 0.1) is 13.8 Å². The van der Waals surface area contributed by atoms with E-state index in [4.69, 9.17) is 4.99 Å². The average molecular weight is 490 g/mol. The number of thioether (sulfide) groups is 1. The van der Waals surface area contributed by atoms with E-state index in [2.05, 4.69) is 60.8 Å². The zero-order valence-electron chi connectivity index (χ0n) is 15.3. The molecule has 0 radical (unpaired) electrons. The standard InChI is InChI=1S/C18H26N4S2.HI/c1-5-19-18(20-9-8-17-21-11-14(3)24-17)22-12-15-7-6-13(2)10-16(15)23-4;/h6-7,10-11H,5,8-9,12H2,1-4H3,(H2,19,20,22);1H. The Hall–Kier alpha value is -0.800. The number of hydrogen-bond donors (Lipinski definition) is 2. The molecule has 7 heteroatoms. The van der Waals surface area contributed by atoms with Crippen molar-refractivity contribution in [3.8, 4) is 0 Å². The van der Waals surface area contributed by atoms with Crippen LogP contribution >= 0.6 is 47.1 Å². The molecule has 0 aliphatic heterocycles. The Bertz CT molecular complexity index is 685. The predicted octanol–water partition coefficient (Wildman–Crippen LogP) is 4.40. The fourth-order valence-corrected chi connectivity index (χ4v) is 3.78. The molecule has 25 heavy (non-hydrogen) atoms. The smallest absolute Gasteiger partial charge is 0.191 e. The molecule has 1 heterocycles. The molecular formula is C18H27IN4S2. The van der Waals surface area contributed by atoms with Crippen molar-refractivity contribution in [3.05, 3.63) is 45.4 Å². The van der Waals surface area contributed by atoms with Gasteiger partial charge in [-0.15, -0.1) is 47.1 Å². The molecular weight excluding hydrogens is 463 g/mol. The molecule has 0 atom stereocenters. The number of aliphatic imine (C=N–C) groups is 1. The normalized spacial score (nSPS) is 11.1. The molecule has 2 rings (SSSR count). The van der Waals surface area contributed by atoms with Gasteiger partial charge in [-0.3, -0.25) is 0 Å². The van der Waals surface area contributed by atoms with Crippen molar-refractivity contribution in [3.63, 3.8) is 0 Å². The summed E-state index contributed by atoms with van der Waals surface area (Å²) < 4.78 is 0. The first-order valence-corrected chi connectivity index (χ1v) is 10.2. The summed E-state index contributed by atoms with van der Waals surface area (Å²) in [5.74, 6) is 0.860. The second kappa shape index (κ2) is 11.7. The third kappa shape index (κ3) is 7.53. The van der Waals surface area contributed by atoms with Gasteiger partial charge >= 0.3 is 0 Å². The van der Waals surface area contributed by atoms with Crippen LogP contribution in [0.15, 0.2) is 34.3 Å². The fraction of sp³-hybridized carbons (Fsp3) is 0.444. The lowest BCUT2D eigenvalue weighted by molar-refractivity contribution is 0.795. The molecule has 0 unspecified atom stereocenters. The van der Waals surface area contributed by atoms with Crippen molar-refractivity contribution < 1.29 is 0 Å². The fourth-order valence-electron chi connectivity index (χ4n) is 2.29. The number of aryl methyl sites for hydroxylation is 2. The van der Waals surface area contributed by atoms with Crippen molar-refractivity contribution in [1.29, 1.82) is 0 Å². The maximum atomic E-state index is 4.72. The summed E-state index contributed by atoms with van der Waals surface area (Å²) in [7, 11) is 0. The number of nitrogens with one attached hydrogen (secondary N) is 2. The Balaban J connectivity index is 0.00000312. The first-order valence-electron chi connectivity index (χ1n) is 8.19. The van der Waals surface area contributed by atoms with Gasteiger partial charge < -0.3 is 10.6 Å². The number of hydrogen-bond acceptors (Lipinski definition) is 4. The monoisotopic (exact) mass is 490 g/mol. The molecule has 1 aromatic carbocycles. The van der Waals surface area contributed by atoms with Crippen LogP contribution in [-0.4, -0.2) is 30.3 Å². The summed E-state index contributed by atoms with van der Waals surface area (Å²) in [4.78, 5) is 11.7. The SMILES string of the molecule is CCNC(=NCc1ccc(C)cc1SC)NCCc1ncc(C)s1.I. The van der Waals surface area contributed by atoms with Crippen LogP contribution in [0.25, 0.3) is 0 Å². The second-order valence-corrected chi connectivity index (χ2v) is 7.72. The Morgan fingerprint density at radius 2 is 2.08 bits per heavy atom. The molecule has 1 aromatic heterocycles. The highest BCUT2D eigenvalue weighted by atomic mass is 127. The minimum Gasteiger partial charge on any atom is -0.357 e. The molecule has 0 amide bonds. The van der Waals surface area contributed by atoms with Crippen molar-refractivity contribution in [1.82, 2.24) is 15.6 Å². The molecule has 0 aliphatic rings. The van der Waals surface area contributed by atoms with Crippen LogP contribution < -0.4 is 10.6 Å². The number of halogens is 1. The lowest BCUT2D eigenvalue weighted by Gasteiger charge is -2.12. The molecule has 0 saturated heterocycles. The highest BCUT2D eigenvalue weighted by molar-refractivity contribution is 14.0. The van der Waals surface area contributed by atoms with Gasteiger partial charge in [0.15, 0.2) is 5.96 Å². The minimum absolute atomic E-state index is 0. The lowest BCUT2D eigenvalue weighted by Crippen LogP contribution is -2.38. The maximum Gasteiger partial charge on any atom is 0.191 e. The van der Waals surface area contributed by atoms with Gasteiger partial charge in [0.2, 0.25) is 0 Å². The highest BCUT2D eigenvalue weighted by Crippen LogP contribution is 2.22. The summed E-state index contributed by atoms with van der Waals surface area (Å²) in [6.45, 7) is 8.67. The summed E-state index contributed by atoms with van der Waals surface area (Å²) >= 11 is 3.53. The van der Waals surface area contributed by atoms with Gasteiger partial charge in [0.05, 0.1) is 11.6 Å². The first kappa shape index (κ1) is 22.2. The Morgan fingerprint density at radius 1 is 1.28 bits per heavy atom. The van der Waals surface area contributed by atoms with E-state index in [9.17, 15) is 0 Å². The molecule has 2 N–H and O–H groups in total. The number of aromatic nitrogens is 1. The number of thiazole rings is 1. The third-order valence-corrected chi connectivity index (χ3v) is 5.29. The summed E-state index contributed by atoms with van der Waals surface area (Å²) in [6.07, 6.45) is 4.96. The van der Waals surface area contributed by atoms with Gasteiger partial charge in [0, 0.05) is 35.5 Å². The Kier molecular flexibility index (Phi) is 10.4. The quantitative estimate of drug-likeness (QED) is 0.262. The number of guanidine groups is 1. The van der Waals surface area contributed by atoms with Crippen molar-refractivity contribution in [2.45, 2.75) is 38.6 Å². The largest absolute Gasteiger partial charge is 0.357 e. The lowest BCUT2D eigenvalue weighted by atomic mass is 10.1. The molecule has 0 saturated carbocycles. The molecule has 0 spiro atoms. The van der Waals surface area contributed by atoms with Crippen molar-refractivity contribution in [2.75, 3.05) is 19.3 Å². The maximum absolute atomic E-state index is 4.72. The van der Waals surface area contributed by atoms with E-state index in [1.54, 1.807) is 23.1 Å².